The molecule has 0 fully saturated rings. The Kier molecular flexibility index (Phi) is 4.25. The number of carbonyl (C=O) groups is 1. The first-order valence-corrected chi connectivity index (χ1v) is 6.76. The van der Waals surface area contributed by atoms with Gasteiger partial charge >= 0.3 is 5.97 Å². The van der Waals surface area contributed by atoms with Gasteiger partial charge in [0.15, 0.2) is 0 Å². The molecule has 1 atom stereocenters. The van der Waals surface area contributed by atoms with Crippen LogP contribution in [0.25, 0.3) is 5.57 Å². The molecule has 1 aromatic carbocycles. The summed E-state index contributed by atoms with van der Waals surface area (Å²) in [6.45, 7) is 2.15. The van der Waals surface area contributed by atoms with E-state index in [0.29, 0.717) is 6.42 Å². The Morgan fingerprint density at radius 3 is 2.89 bits per heavy atom. The smallest absolute Gasteiger partial charge is 0.310 e. The fourth-order valence-electron chi connectivity index (χ4n) is 2.55. The van der Waals surface area contributed by atoms with Crippen molar-refractivity contribution in [3.8, 4) is 5.75 Å². The van der Waals surface area contributed by atoms with Crippen LogP contribution in [0.3, 0.4) is 0 Å². The number of carboxylic acid groups (broad SMARTS) is 1. The van der Waals surface area contributed by atoms with E-state index in [1.165, 1.54) is 5.56 Å². The largest absolute Gasteiger partial charge is 0.497 e. The summed E-state index contributed by atoms with van der Waals surface area (Å²) in [6.07, 6.45) is 5.62. The Morgan fingerprint density at radius 1 is 1.47 bits per heavy atom. The molecule has 102 valence electrons. The lowest BCUT2D eigenvalue weighted by Gasteiger charge is -2.22. The van der Waals surface area contributed by atoms with E-state index in [4.69, 9.17) is 4.74 Å². The third-order valence-electron chi connectivity index (χ3n) is 3.62. The number of aliphatic carboxylic acids is 1. The number of hydrogen-bond donors (Lipinski definition) is 1. The molecular formula is C16H20O3. The van der Waals surface area contributed by atoms with E-state index in [2.05, 4.69) is 6.92 Å². The minimum absolute atomic E-state index is 0.411. The van der Waals surface area contributed by atoms with Crippen LogP contribution < -0.4 is 4.74 Å². The highest BCUT2D eigenvalue weighted by molar-refractivity contribution is 5.81. The fraction of sp³-hybridized carbons (Fsp3) is 0.438. The number of ether oxygens (including phenoxy) is 1. The molecule has 2 rings (SSSR count). The molecule has 1 N–H and O–H groups in total. The molecule has 1 aliphatic rings. The Balaban J connectivity index is 2.37. The SMILES string of the molecule is CCCCC1=C[C@H](C(=O)O)Cc2cc(OC)ccc21. The van der Waals surface area contributed by atoms with Gasteiger partial charge in [-0.05, 0) is 48.1 Å². The van der Waals surface area contributed by atoms with Crippen LogP contribution in [0, 0.1) is 5.92 Å². The monoisotopic (exact) mass is 260 g/mol. The summed E-state index contributed by atoms with van der Waals surface area (Å²) in [5.41, 5.74) is 3.44. The second-order valence-electron chi connectivity index (χ2n) is 4.97. The number of fused-ring (bicyclic) bond motifs is 1. The minimum Gasteiger partial charge on any atom is -0.497 e. The number of benzene rings is 1. The molecule has 1 aliphatic carbocycles. The summed E-state index contributed by atoms with van der Waals surface area (Å²) in [6, 6.07) is 5.96. The van der Waals surface area contributed by atoms with Crippen molar-refractivity contribution in [3.63, 3.8) is 0 Å². The van der Waals surface area contributed by atoms with E-state index in [1.54, 1.807) is 7.11 Å². The van der Waals surface area contributed by atoms with Crippen molar-refractivity contribution in [3.05, 3.63) is 35.4 Å². The Bertz CT molecular complexity index is 503. The molecule has 0 amide bonds. The first kappa shape index (κ1) is 13.7. The molecule has 0 aromatic heterocycles. The number of methoxy groups -OCH3 is 1. The summed E-state index contributed by atoms with van der Waals surface area (Å²) >= 11 is 0. The topological polar surface area (TPSA) is 46.5 Å². The third kappa shape index (κ3) is 2.98. The maximum Gasteiger partial charge on any atom is 0.310 e. The predicted octanol–water partition coefficient (Wildman–Crippen LogP) is 3.53. The van der Waals surface area contributed by atoms with E-state index in [1.807, 2.05) is 24.3 Å². The van der Waals surface area contributed by atoms with Gasteiger partial charge < -0.3 is 9.84 Å². The lowest BCUT2D eigenvalue weighted by Crippen LogP contribution is -2.19. The Hall–Kier alpha value is -1.77. The van der Waals surface area contributed by atoms with Crippen LogP contribution in [0.5, 0.6) is 5.75 Å². The van der Waals surface area contributed by atoms with Gasteiger partial charge in [-0.3, -0.25) is 4.79 Å². The minimum atomic E-state index is -0.748. The van der Waals surface area contributed by atoms with Gasteiger partial charge in [0.2, 0.25) is 0 Å². The van der Waals surface area contributed by atoms with Crippen LogP contribution in [0.4, 0.5) is 0 Å². The second kappa shape index (κ2) is 5.91. The summed E-state index contributed by atoms with van der Waals surface area (Å²) in [4.78, 5) is 11.3. The molecule has 0 saturated heterocycles. The third-order valence-corrected chi connectivity index (χ3v) is 3.62. The van der Waals surface area contributed by atoms with Crippen LogP contribution in [-0.4, -0.2) is 18.2 Å². The van der Waals surface area contributed by atoms with Gasteiger partial charge in [-0.1, -0.05) is 25.5 Å². The predicted molar refractivity (Wildman–Crippen MR) is 75.3 cm³/mol. The summed E-state index contributed by atoms with van der Waals surface area (Å²) in [7, 11) is 1.63. The summed E-state index contributed by atoms with van der Waals surface area (Å²) in [5.74, 6) is -0.367. The van der Waals surface area contributed by atoms with Crippen LogP contribution >= 0.6 is 0 Å². The highest BCUT2D eigenvalue weighted by atomic mass is 16.5. The average molecular weight is 260 g/mol. The molecule has 1 aromatic rings. The van der Waals surface area contributed by atoms with Crippen molar-refractivity contribution in [1.82, 2.24) is 0 Å². The van der Waals surface area contributed by atoms with E-state index in [-0.39, 0.29) is 0 Å². The van der Waals surface area contributed by atoms with Crippen molar-refractivity contribution in [2.75, 3.05) is 7.11 Å². The normalized spacial score (nSPS) is 17.6. The van der Waals surface area contributed by atoms with Gasteiger partial charge in [0.1, 0.15) is 5.75 Å². The molecule has 0 bridgehead atoms. The van der Waals surface area contributed by atoms with Crippen molar-refractivity contribution < 1.29 is 14.6 Å². The maximum atomic E-state index is 11.3. The van der Waals surface area contributed by atoms with Gasteiger partial charge in [0.05, 0.1) is 13.0 Å². The van der Waals surface area contributed by atoms with Crippen LogP contribution in [0.1, 0.15) is 37.3 Å². The zero-order valence-corrected chi connectivity index (χ0v) is 11.5. The first-order valence-electron chi connectivity index (χ1n) is 6.76. The van der Waals surface area contributed by atoms with Crippen molar-refractivity contribution in [2.24, 2.45) is 5.92 Å². The number of rotatable bonds is 5. The Morgan fingerprint density at radius 2 is 2.26 bits per heavy atom. The molecule has 0 saturated carbocycles. The summed E-state index contributed by atoms with van der Waals surface area (Å²) in [5, 5.41) is 9.26. The van der Waals surface area contributed by atoms with Crippen molar-refractivity contribution in [1.29, 1.82) is 0 Å². The zero-order chi connectivity index (χ0) is 13.8. The second-order valence-corrected chi connectivity index (χ2v) is 4.97. The number of allylic oxidation sites excluding steroid dienone is 1. The van der Waals surface area contributed by atoms with Gasteiger partial charge in [0, 0.05) is 0 Å². The van der Waals surface area contributed by atoms with Crippen molar-refractivity contribution in [2.45, 2.75) is 32.6 Å². The average Bonchev–Trinajstić information content (AvgIpc) is 2.43. The van der Waals surface area contributed by atoms with Crippen LogP contribution in [0.15, 0.2) is 24.3 Å². The number of carboxylic acids is 1. The quantitative estimate of drug-likeness (QED) is 0.881. The summed E-state index contributed by atoms with van der Waals surface area (Å²) < 4.78 is 5.23. The Labute approximate surface area is 113 Å². The number of unbranched alkanes of at least 4 members (excludes halogenated alkanes) is 1. The number of hydrogen-bond acceptors (Lipinski definition) is 2. The fourth-order valence-corrected chi connectivity index (χ4v) is 2.55. The first-order chi connectivity index (χ1) is 9.15. The molecular weight excluding hydrogens is 240 g/mol. The molecule has 0 heterocycles. The molecule has 3 heteroatoms. The van der Waals surface area contributed by atoms with Gasteiger partial charge in [-0.25, -0.2) is 0 Å². The van der Waals surface area contributed by atoms with E-state index < -0.39 is 11.9 Å². The maximum absolute atomic E-state index is 11.3. The lowest BCUT2D eigenvalue weighted by molar-refractivity contribution is -0.140. The van der Waals surface area contributed by atoms with Gasteiger partial charge in [-0.15, -0.1) is 0 Å². The molecule has 19 heavy (non-hydrogen) atoms. The van der Waals surface area contributed by atoms with Gasteiger partial charge in [-0.2, -0.15) is 0 Å². The molecule has 0 unspecified atom stereocenters. The van der Waals surface area contributed by atoms with Crippen LogP contribution in [0.2, 0.25) is 0 Å². The van der Waals surface area contributed by atoms with E-state index >= 15 is 0 Å². The lowest BCUT2D eigenvalue weighted by atomic mass is 9.83. The van der Waals surface area contributed by atoms with Gasteiger partial charge in [0.25, 0.3) is 0 Å². The zero-order valence-electron chi connectivity index (χ0n) is 11.5. The van der Waals surface area contributed by atoms with Crippen molar-refractivity contribution >= 4 is 11.5 Å². The standard InChI is InChI=1S/C16H20O3/c1-3-4-5-11-8-13(16(17)18)9-12-10-14(19-2)6-7-15(11)12/h6-8,10,13H,3-5,9H2,1-2H3,(H,17,18)/t13-/m0/s1. The molecule has 0 spiro atoms. The van der Waals surface area contributed by atoms with Crippen LogP contribution in [-0.2, 0) is 11.2 Å². The van der Waals surface area contributed by atoms with E-state index in [0.717, 1.165) is 36.1 Å². The van der Waals surface area contributed by atoms with E-state index in [9.17, 15) is 9.90 Å². The molecule has 0 aliphatic heterocycles. The highest BCUT2D eigenvalue weighted by Gasteiger charge is 2.24. The molecule has 0 radical (unpaired) electrons. The highest BCUT2D eigenvalue weighted by Crippen LogP contribution is 2.34. The molecule has 3 nitrogen and oxygen atoms in total.